The number of hydrogen-bond acceptors (Lipinski definition) is 8. The number of nitrogens with zero attached hydrogens (tertiary/aromatic N) is 3. The van der Waals surface area contributed by atoms with Gasteiger partial charge in [-0.1, -0.05) is 43.2 Å². The number of thiazole rings is 1. The van der Waals surface area contributed by atoms with Gasteiger partial charge in [-0.25, -0.2) is 4.98 Å². The molecule has 0 aliphatic carbocycles. The highest BCUT2D eigenvalue weighted by Crippen LogP contribution is 2.31. The van der Waals surface area contributed by atoms with Gasteiger partial charge in [-0.3, -0.25) is 9.59 Å². The van der Waals surface area contributed by atoms with E-state index in [1.165, 1.54) is 6.92 Å². The molecule has 0 atom stereocenters. The predicted octanol–water partition coefficient (Wildman–Crippen LogP) is 7.77. The Morgan fingerprint density at radius 2 is 1.56 bits per heavy atom. The van der Waals surface area contributed by atoms with E-state index in [9.17, 15) is 9.59 Å². The SMILES string of the molecule is CC(=O)c1sc(N=Nc2cc(Nc3ccc(Br)cc3)c(Nc3ccc(Br)cc3)[nH]c2=O)nc1C. The number of carbonyl (C=O) groups excluding carboxylic acids is 1. The minimum Gasteiger partial charge on any atom is -0.352 e. The van der Waals surface area contributed by atoms with Gasteiger partial charge in [0.05, 0.1) is 16.3 Å². The molecular formula is C23H18Br2N6O2S. The van der Waals surface area contributed by atoms with E-state index in [1.54, 1.807) is 13.0 Å². The second-order valence-electron chi connectivity index (χ2n) is 7.20. The van der Waals surface area contributed by atoms with Crippen LogP contribution in [0.4, 0.5) is 33.7 Å². The van der Waals surface area contributed by atoms with Crippen molar-refractivity contribution in [2.75, 3.05) is 10.6 Å². The number of aromatic nitrogens is 2. The first-order chi connectivity index (χ1) is 16.3. The molecule has 3 N–H and O–H groups in total. The number of nitrogens with one attached hydrogen (secondary N) is 3. The molecule has 0 aliphatic rings. The minimum atomic E-state index is -0.426. The third-order valence-electron chi connectivity index (χ3n) is 4.61. The van der Waals surface area contributed by atoms with Crippen molar-refractivity contribution in [2.45, 2.75) is 13.8 Å². The van der Waals surface area contributed by atoms with Crippen molar-refractivity contribution in [3.8, 4) is 0 Å². The zero-order valence-electron chi connectivity index (χ0n) is 18.0. The van der Waals surface area contributed by atoms with Crippen LogP contribution in [-0.2, 0) is 0 Å². The lowest BCUT2D eigenvalue weighted by Crippen LogP contribution is -2.10. The molecule has 2 heterocycles. The van der Waals surface area contributed by atoms with Gasteiger partial charge in [0.15, 0.2) is 11.5 Å². The molecule has 0 saturated heterocycles. The van der Waals surface area contributed by atoms with Crippen LogP contribution in [0.15, 0.2) is 78.6 Å². The Morgan fingerprint density at radius 3 is 2.12 bits per heavy atom. The number of aryl methyl sites for hydroxylation is 1. The second-order valence-corrected chi connectivity index (χ2v) is 10.0. The van der Waals surface area contributed by atoms with Gasteiger partial charge >= 0.3 is 0 Å². The van der Waals surface area contributed by atoms with Crippen molar-refractivity contribution in [3.63, 3.8) is 0 Å². The van der Waals surface area contributed by atoms with Crippen molar-refractivity contribution in [1.82, 2.24) is 9.97 Å². The van der Waals surface area contributed by atoms with E-state index < -0.39 is 5.56 Å². The van der Waals surface area contributed by atoms with Crippen molar-refractivity contribution in [2.24, 2.45) is 10.2 Å². The van der Waals surface area contributed by atoms with Gasteiger partial charge in [0, 0.05) is 27.2 Å². The van der Waals surface area contributed by atoms with Gasteiger partial charge < -0.3 is 15.6 Å². The van der Waals surface area contributed by atoms with E-state index in [-0.39, 0.29) is 11.5 Å². The molecule has 2 aromatic heterocycles. The highest BCUT2D eigenvalue weighted by molar-refractivity contribution is 9.10. The maximum Gasteiger partial charge on any atom is 0.277 e. The molecule has 34 heavy (non-hydrogen) atoms. The summed E-state index contributed by atoms with van der Waals surface area (Å²) in [7, 11) is 0. The Morgan fingerprint density at radius 1 is 0.971 bits per heavy atom. The Kier molecular flexibility index (Phi) is 7.35. The molecule has 172 valence electrons. The summed E-state index contributed by atoms with van der Waals surface area (Å²) in [5.41, 5.74) is 2.47. The lowest BCUT2D eigenvalue weighted by molar-refractivity contribution is 0.102. The maximum absolute atomic E-state index is 12.8. The van der Waals surface area contributed by atoms with Crippen LogP contribution in [0.3, 0.4) is 0 Å². The first-order valence-corrected chi connectivity index (χ1v) is 12.4. The van der Waals surface area contributed by atoms with Crippen LogP contribution < -0.4 is 16.2 Å². The number of halogens is 2. The average Bonchev–Trinajstić information content (AvgIpc) is 3.18. The van der Waals surface area contributed by atoms with Gasteiger partial charge in [-0.05, 0) is 61.5 Å². The third kappa shape index (κ3) is 5.85. The molecule has 0 unspecified atom stereocenters. The van der Waals surface area contributed by atoms with Crippen LogP contribution in [0, 0.1) is 6.92 Å². The zero-order valence-corrected chi connectivity index (χ0v) is 22.0. The Hall–Kier alpha value is -3.15. The molecule has 0 radical (unpaired) electrons. The summed E-state index contributed by atoms with van der Waals surface area (Å²) in [5.74, 6) is 0.386. The lowest BCUT2D eigenvalue weighted by atomic mass is 10.2. The van der Waals surface area contributed by atoms with Crippen molar-refractivity contribution < 1.29 is 4.79 Å². The van der Waals surface area contributed by atoms with Crippen molar-refractivity contribution >= 4 is 82.7 Å². The fraction of sp³-hybridized carbons (Fsp3) is 0.0870. The Bertz CT molecular complexity index is 1430. The van der Waals surface area contributed by atoms with E-state index >= 15 is 0 Å². The van der Waals surface area contributed by atoms with Gasteiger partial charge in [-0.15, -0.1) is 10.2 Å². The molecule has 0 amide bonds. The summed E-state index contributed by atoms with van der Waals surface area (Å²) in [6, 6.07) is 16.8. The number of azo groups is 1. The van der Waals surface area contributed by atoms with Crippen molar-refractivity contribution in [1.29, 1.82) is 0 Å². The normalized spacial score (nSPS) is 11.1. The number of H-pyrrole nitrogens is 1. The number of carbonyl (C=O) groups is 1. The number of Topliss-reactive ketones (excluding diaryl/α,β-unsaturated/α-hetero) is 1. The Balaban J connectivity index is 1.70. The summed E-state index contributed by atoms with van der Waals surface area (Å²) in [5, 5.41) is 15.0. The van der Waals surface area contributed by atoms with Crippen molar-refractivity contribution in [3.05, 3.63) is 84.5 Å². The van der Waals surface area contributed by atoms with Crippen LogP contribution in [0.1, 0.15) is 22.3 Å². The van der Waals surface area contributed by atoms with Crippen LogP contribution >= 0.6 is 43.2 Å². The highest BCUT2D eigenvalue weighted by Gasteiger charge is 2.13. The quantitative estimate of drug-likeness (QED) is 0.148. The monoisotopic (exact) mass is 600 g/mol. The first-order valence-electron chi connectivity index (χ1n) is 10.0. The summed E-state index contributed by atoms with van der Waals surface area (Å²) in [4.78, 5) is 32.1. The predicted molar refractivity (Wildman–Crippen MR) is 143 cm³/mol. The Labute approximate surface area is 215 Å². The van der Waals surface area contributed by atoms with Gasteiger partial charge in [-0.2, -0.15) is 0 Å². The first kappa shape index (κ1) is 24.0. The molecule has 2 aromatic carbocycles. The summed E-state index contributed by atoms with van der Waals surface area (Å²) >= 11 is 7.99. The topological polar surface area (TPSA) is 112 Å². The number of ketones is 1. The van der Waals surface area contributed by atoms with E-state index in [2.05, 4.69) is 62.7 Å². The maximum atomic E-state index is 12.8. The number of benzene rings is 2. The average molecular weight is 602 g/mol. The second kappa shape index (κ2) is 10.4. The standard InChI is InChI=1S/C23H18Br2N6O2S/c1-12-20(13(2)32)34-23(26-12)31-30-19-11-18(27-16-7-3-14(24)4-8-16)21(29-22(19)33)28-17-9-5-15(25)6-10-17/h3-11,27H,1-2H3,(H2,28,29,33). The fourth-order valence-corrected chi connectivity index (χ4v) is 4.32. The van der Waals surface area contributed by atoms with Gasteiger partial charge in [0.1, 0.15) is 5.82 Å². The number of hydrogen-bond donors (Lipinski definition) is 3. The van der Waals surface area contributed by atoms with Crippen LogP contribution in [0.25, 0.3) is 0 Å². The third-order valence-corrected chi connectivity index (χ3v) is 6.81. The number of aromatic amines is 1. The van der Waals surface area contributed by atoms with E-state index in [0.29, 0.717) is 27.2 Å². The smallest absolute Gasteiger partial charge is 0.277 e. The molecule has 11 heteroatoms. The summed E-state index contributed by atoms with van der Waals surface area (Å²) < 4.78 is 1.90. The van der Waals surface area contributed by atoms with E-state index in [4.69, 9.17) is 0 Å². The fourth-order valence-electron chi connectivity index (χ4n) is 3.01. The van der Waals surface area contributed by atoms with Crippen LogP contribution in [0.5, 0.6) is 0 Å². The molecule has 8 nitrogen and oxygen atoms in total. The van der Waals surface area contributed by atoms with Gasteiger partial charge in [0.25, 0.3) is 5.56 Å². The number of pyridine rings is 1. The summed E-state index contributed by atoms with van der Waals surface area (Å²) in [6.45, 7) is 3.21. The molecule has 0 spiro atoms. The summed E-state index contributed by atoms with van der Waals surface area (Å²) in [6.07, 6.45) is 0. The zero-order chi connectivity index (χ0) is 24.2. The number of anilines is 4. The molecule has 4 aromatic rings. The molecule has 0 bridgehead atoms. The molecule has 0 saturated carbocycles. The molecule has 0 aliphatic heterocycles. The highest BCUT2D eigenvalue weighted by atomic mass is 79.9. The van der Waals surface area contributed by atoms with Crippen LogP contribution in [-0.4, -0.2) is 15.8 Å². The van der Waals surface area contributed by atoms with E-state index in [0.717, 1.165) is 31.7 Å². The van der Waals surface area contributed by atoms with Gasteiger partial charge in [0.2, 0.25) is 5.13 Å². The number of rotatable bonds is 7. The molecular weight excluding hydrogens is 584 g/mol. The molecule has 0 fully saturated rings. The minimum absolute atomic E-state index is 0.0846. The molecule has 4 rings (SSSR count). The van der Waals surface area contributed by atoms with E-state index in [1.807, 2.05) is 48.5 Å². The van der Waals surface area contributed by atoms with Crippen LogP contribution in [0.2, 0.25) is 0 Å². The lowest BCUT2D eigenvalue weighted by Gasteiger charge is -2.14. The largest absolute Gasteiger partial charge is 0.352 e.